The van der Waals surface area contributed by atoms with Crippen LogP contribution in [0.3, 0.4) is 0 Å². The van der Waals surface area contributed by atoms with E-state index in [1.54, 1.807) is 12.2 Å². The van der Waals surface area contributed by atoms with Crippen molar-refractivity contribution in [2.45, 2.75) is 32.7 Å². The molecule has 0 aromatic carbocycles. The highest BCUT2D eigenvalue weighted by atomic mass is 35.5. The predicted molar refractivity (Wildman–Crippen MR) is 77.2 cm³/mol. The highest BCUT2D eigenvalue weighted by Crippen LogP contribution is 2.37. The lowest BCUT2D eigenvalue weighted by molar-refractivity contribution is -0.0211. The molecule has 4 heteroatoms. The first-order chi connectivity index (χ1) is 8.66. The van der Waals surface area contributed by atoms with Crippen molar-refractivity contribution in [1.29, 1.82) is 0 Å². The third kappa shape index (κ3) is 3.93. The van der Waals surface area contributed by atoms with Crippen LogP contribution in [0.15, 0.2) is 47.7 Å². The molecule has 0 aliphatic heterocycles. The van der Waals surface area contributed by atoms with Crippen LogP contribution < -0.4 is 5.32 Å². The molecule has 0 saturated carbocycles. The quantitative estimate of drug-likeness (QED) is 0.727. The standard InChI is InChI=1S/C15H20ClF2N/c1-6-10(3)19-14-9(2)7-12(16)8-13(14)11(4)15(5,17)18/h6-9,11,14,19H,1,3H2,2,4-5H3. The monoisotopic (exact) mass is 287 g/mol. The minimum absolute atomic E-state index is 0.00833. The normalized spacial score (nSPS) is 25.2. The van der Waals surface area contributed by atoms with Gasteiger partial charge < -0.3 is 5.32 Å². The van der Waals surface area contributed by atoms with Gasteiger partial charge in [-0.05, 0) is 30.6 Å². The molecule has 0 heterocycles. The molecule has 1 nitrogen and oxygen atoms in total. The average Bonchev–Trinajstić information content (AvgIpc) is 2.29. The van der Waals surface area contributed by atoms with Crippen LogP contribution in [-0.4, -0.2) is 12.0 Å². The van der Waals surface area contributed by atoms with Crippen molar-refractivity contribution >= 4 is 11.6 Å². The number of hydrogen-bond donors (Lipinski definition) is 1. The van der Waals surface area contributed by atoms with Gasteiger partial charge in [-0.15, -0.1) is 0 Å². The molecule has 0 fully saturated rings. The minimum Gasteiger partial charge on any atom is -0.378 e. The fourth-order valence-corrected chi connectivity index (χ4v) is 2.43. The van der Waals surface area contributed by atoms with Gasteiger partial charge >= 0.3 is 0 Å². The number of nitrogens with one attached hydrogen (secondary N) is 1. The fourth-order valence-electron chi connectivity index (χ4n) is 2.11. The molecule has 0 aromatic rings. The van der Waals surface area contributed by atoms with Gasteiger partial charge in [0.1, 0.15) is 0 Å². The molecule has 1 N–H and O–H groups in total. The summed E-state index contributed by atoms with van der Waals surface area (Å²) in [5, 5.41) is 3.63. The van der Waals surface area contributed by atoms with Crippen molar-refractivity contribution in [2.75, 3.05) is 0 Å². The van der Waals surface area contributed by atoms with Crippen molar-refractivity contribution in [3.63, 3.8) is 0 Å². The van der Waals surface area contributed by atoms with Gasteiger partial charge in [0.25, 0.3) is 5.92 Å². The molecule has 1 aliphatic rings. The van der Waals surface area contributed by atoms with Crippen molar-refractivity contribution in [3.8, 4) is 0 Å². The summed E-state index contributed by atoms with van der Waals surface area (Å²) in [6.45, 7) is 11.8. The van der Waals surface area contributed by atoms with Crippen molar-refractivity contribution in [1.82, 2.24) is 5.32 Å². The lowest BCUT2D eigenvalue weighted by Crippen LogP contribution is -2.41. The fraction of sp³-hybridized carbons (Fsp3) is 0.467. The van der Waals surface area contributed by atoms with Crippen LogP contribution in [0.5, 0.6) is 0 Å². The largest absolute Gasteiger partial charge is 0.378 e. The van der Waals surface area contributed by atoms with Crippen LogP contribution in [0.25, 0.3) is 0 Å². The number of alkyl halides is 2. The van der Waals surface area contributed by atoms with Crippen LogP contribution in [0, 0.1) is 11.8 Å². The Labute approximate surface area is 118 Å². The molecule has 0 amide bonds. The molecule has 0 bridgehead atoms. The second-order valence-corrected chi connectivity index (χ2v) is 5.52. The maximum absolute atomic E-state index is 13.6. The van der Waals surface area contributed by atoms with Gasteiger partial charge in [-0.1, -0.05) is 44.7 Å². The van der Waals surface area contributed by atoms with E-state index in [0.29, 0.717) is 16.3 Å². The van der Waals surface area contributed by atoms with E-state index < -0.39 is 11.8 Å². The Morgan fingerprint density at radius 1 is 1.58 bits per heavy atom. The Morgan fingerprint density at radius 3 is 2.63 bits per heavy atom. The van der Waals surface area contributed by atoms with Gasteiger partial charge in [-0.3, -0.25) is 0 Å². The maximum atomic E-state index is 13.6. The number of halogens is 3. The van der Waals surface area contributed by atoms with Gasteiger partial charge in [0.15, 0.2) is 0 Å². The molecule has 3 atom stereocenters. The predicted octanol–water partition coefficient (Wildman–Crippen LogP) is 4.63. The zero-order chi connectivity index (χ0) is 14.8. The molecule has 0 spiro atoms. The molecule has 106 valence electrons. The Balaban J connectivity index is 3.09. The summed E-state index contributed by atoms with van der Waals surface area (Å²) in [5.74, 6) is -3.68. The van der Waals surface area contributed by atoms with Crippen molar-refractivity contribution in [3.05, 3.63) is 47.7 Å². The minimum atomic E-state index is -2.80. The average molecular weight is 288 g/mol. The molecule has 19 heavy (non-hydrogen) atoms. The summed E-state index contributed by atoms with van der Waals surface area (Å²) in [5.41, 5.74) is 1.20. The summed E-state index contributed by atoms with van der Waals surface area (Å²) < 4.78 is 27.1. The lowest BCUT2D eigenvalue weighted by Gasteiger charge is -2.35. The summed E-state index contributed by atoms with van der Waals surface area (Å²) >= 11 is 6.01. The number of rotatable bonds is 5. The highest BCUT2D eigenvalue weighted by molar-refractivity contribution is 6.31. The Kier molecular flexibility index (Phi) is 4.97. The second kappa shape index (κ2) is 5.91. The van der Waals surface area contributed by atoms with E-state index >= 15 is 0 Å². The first kappa shape index (κ1) is 16.0. The summed E-state index contributed by atoms with van der Waals surface area (Å²) in [6, 6.07) is -0.242. The molecule has 1 rings (SSSR count). The van der Waals surface area contributed by atoms with E-state index in [9.17, 15) is 8.78 Å². The van der Waals surface area contributed by atoms with E-state index in [-0.39, 0.29) is 12.0 Å². The van der Waals surface area contributed by atoms with E-state index in [1.807, 2.05) is 13.0 Å². The number of hydrogen-bond acceptors (Lipinski definition) is 1. The summed E-state index contributed by atoms with van der Waals surface area (Å²) in [6.07, 6.45) is 5.04. The molecule has 1 aliphatic carbocycles. The first-order valence-electron chi connectivity index (χ1n) is 6.21. The Bertz CT molecular complexity index is 432. The van der Waals surface area contributed by atoms with Gasteiger partial charge in [0, 0.05) is 16.6 Å². The Hall–Kier alpha value is -1.09. The molecule has 3 unspecified atom stereocenters. The Morgan fingerprint density at radius 2 is 2.16 bits per heavy atom. The van der Waals surface area contributed by atoms with Gasteiger partial charge in [-0.2, -0.15) is 0 Å². The number of allylic oxidation sites excluding steroid dienone is 3. The molecule has 0 aromatic heterocycles. The molecular formula is C15H20ClF2N. The van der Waals surface area contributed by atoms with E-state index in [0.717, 1.165) is 6.92 Å². The highest BCUT2D eigenvalue weighted by Gasteiger charge is 2.38. The van der Waals surface area contributed by atoms with E-state index in [2.05, 4.69) is 18.5 Å². The zero-order valence-corrected chi connectivity index (χ0v) is 12.3. The zero-order valence-electron chi connectivity index (χ0n) is 11.5. The third-order valence-corrected chi connectivity index (χ3v) is 3.69. The smallest absolute Gasteiger partial charge is 0.251 e. The van der Waals surface area contributed by atoms with Crippen LogP contribution in [0.4, 0.5) is 8.78 Å². The third-order valence-electron chi connectivity index (χ3n) is 3.46. The van der Waals surface area contributed by atoms with Gasteiger partial charge in [0.2, 0.25) is 0 Å². The topological polar surface area (TPSA) is 12.0 Å². The second-order valence-electron chi connectivity index (χ2n) is 5.08. The van der Waals surface area contributed by atoms with E-state index in [1.165, 1.54) is 6.92 Å². The molecular weight excluding hydrogens is 268 g/mol. The summed E-state index contributed by atoms with van der Waals surface area (Å²) in [7, 11) is 0. The lowest BCUT2D eigenvalue weighted by atomic mass is 9.80. The van der Waals surface area contributed by atoms with Crippen LogP contribution in [0.2, 0.25) is 0 Å². The molecule has 0 saturated heterocycles. The van der Waals surface area contributed by atoms with Crippen LogP contribution >= 0.6 is 11.6 Å². The van der Waals surface area contributed by atoms with Crippen LogP contribution in [-0.2, 0) is 0 Å². The van der Waals surface area contributed by atoms with E-state index in [4.69, 9.17) is 11.6 Å². The van der Waals surface area contributed by atoms with Crippen molar-refractivity contribution < 1.29 is 8.78 Å². The van der Waals surface area contributed by atoms with Crippen LogP contribution in [0.1, 0.15) is 20.8 Å². The summed E-state index contributed by atoms with van der Waals surface area (Å²) in [4.78, 5) is 0. The van der Waals surface area contributed by atoms with Gasteiger partial charge in [-0.25, -0.2) is 8.78 Å². The van der Waals surface area contributed by atoms with Crippen molar-refractivity contribution in [2.24, 2.45) is 11.8 Å². The molecule has 0 radical (unpaired) electrons. The first-order valence-corrected chi connectivity index (χ1v) is 6.59. The maximum Gasteiger partial charge on any atom is 0.251 e. The van der Waals surface area contributed by atoms with Gasteiger partial charge in [0.05, 0.1) is 6.04 Å². The SMILES string of the molecule is C=CC(=C)NC1C(C(C)C(C)(F)F)=CC(Cl)=CC1C.